The summed E-state index contributed by atoms with van der Waals surface area (Å²) in [4.78, 5) is 10.4. The van der Waals surface area contributed by atoms with E-state index in [1.54, 1.807) is 0 Å². The van der Waals surface area contributed by atoms with Gasteiger partial charge in [0.25, 0.3) is 0 Å². The van der Waals surface area contributed by atoms with Gasteiger partial charge >= 0.3 is 0 Å². The highest BCUT2D eigenvalue weighted by atomic mass is 16.3. The lowest BCUT2D eigenvalue weighted by Crippen LogP contribution is -2.35. The Bertz CT molecular complexity index is 2340. The molecule has 198 valence electrons. The fourth-order valence-electron chi connectivity index (χ4n) is 6.29. The Morgan fingerprint density at radius 1 is 0.595 bits per heavy atom. The molecule has 1 aliphatic rings. The maximum atomic E-state index is 6.58. The fraction of sp³-hybridized carbons (Fsp3) is 0.0270. The number of hydrogen-bond donors (Lipinski definition) is 1. The van der Waals surface area contributed by atoms with E-state index in [-0.39, 0.29) is 6.17 Å². The van der Waals surface area contributed by atoms with Gasteiger partial charge < -0.3 is 9.73 Å². The molecule has 0 spiro atoms. The van der Waals surface area contributed by atoms with E-state index in [1.807, 2.05) is 18.2 Å². The molecule has 3 heterocycles. The van der Waals surface area contributed by atoms with Crippen molar-refractivity contribution in [2.75, 3.05) is 0 Å². The van der Waals surface area contributed by atoms with E-state index >= 15 is 0 Å². The standard InChI is InChI=1S/C37H24N4O/c1-2-11-23(12-3-1)35-38-36(40-37(39-35)41-31-19-8-6-15-26(31)27-16-7-9-20-32(27)41)29-18-10-17-28-30-21-24-13-4-5-14-25(24)22-33(30)42-34(28)29/h1-22,35H,(H,38,39,40). The molecule has 0 bridgehead atoms. The van der Waals surface area contributed by atoms with Crippen LogP contribution in [0.25, 0.3) is 54.5 Å². The molecular formula is C37H24N4O. The smallest absolute Gasteiger partial charge is 0.234 e. The van der Waals surface area contributed by atoms with Crippen LogP contribution < -0.4 is 5.32 Å². The van der Waals surface area contributed by atoms with Crippen LogP contribution in [0, 0.1) is 0 Å². The van der Waals surface area contributed by atoms with Crippen LogP contribution in [0.15, 0.2) is 148 Å². The highest BCUT2D eigenvalue weighted by Crippen LogP contribution is 2.35. The number of rotatable bonds is 2. The van der Waals surface area contributed by atoms with Gasteiger partial charge in [0, 0.05) is 21.5 Å². The van der Waals surface area contributed by atoms with Crippen molar-refractivity contribution in [2.45, 2.75) is 6.17 Å². The number of amidine groups is 1. The highest BCUT2D eigenvalue weighted by molar-refractivity contribution is 6.21. The molecule has 0 saturated heterocycles. The van der Waals surface area contributed by atoms with Gasteiger partial charge in [-0.3, -0.25) is 4.57 Å². The summed E-state index contributed by atoms with van der Waals surface area (Å²) in [5, 5.41) is 10.5. The van der Waals surface area contributed by atoms with Gasteiger partial charge in [0.15, 0.2) is 0 Å². The molecule has 1 N–H and O–H groups in total. The SMILES string of the molecule is c1ccc(C2N=C(n3c4ccccc4c4ccccc43)N=C(c3cccc4c3oc3cc5ccccc5cc34)N2)cc1. The van der Waals surface area contributed by atoms with Crippen LogP contribution in [0.4, 0.5) is 0 Å². The number of benzene rings is 6. The summed E-state index contributed by atoms with van der Waals surface area (Å²) in [6.45, 7) is 0. The van der Waals surface area contributed by atoms with Gasteiger partial charge in [0.1, 0.15) is 23.2 Å². The van der Waals surface area contributed by atoms with E-state index < -0.39 is 0 Å². The van der Waals surface area contributed by atoms with E-state index in [0.29, 0.717) is 5.96 Å². The number of nitrogens with zero attached hydrogens (tertiary/aromatic N) is 3. The van der Waals surface area contributed by atoms with Crippen LogP contribution in [-0.2, 0) is 0 Å². The molecule has 6 aromatic carbocycles. The second-order valence-corrected chi connectivity index (χ2v) is 10.7. The first-order chi connectivity index (χ1) is 20.8. The summed E-state index contributed by atoms with van der Waals surface area (Å²) in [7, 11) is 0. The van der Waals surface area contributed by atoms with Crippen LogP contribution >= 0.6 is 0 Å². The molecule has 1 aliphatic heterocycles. The fourth-order valence-corrected chi connectivity index (χ4v) is 6.29. The number of fused-ring (bicyclic) bond motifs is 7. The molecule has 5 heteroatoms. The molecule has 1 unspecified atom stereocenters. The van der Waals surface area contributed by atoms with Gasteiger partial charge in [-0.2, -0.15) is 4.99 Å². The van der Waals surface area contributed by atoms with E-state index in [0.717, 1.165) is 55.3 Å². The lowest BCUT2D eigenvalue weighted by molar-refractivity contribution is 0.657. The van der Waals surface area contributed by atoms with E-state index in [9.17, 15) is 0 Å². The molecule has 9 rings (SSSR count). The molecule has 0 saturated carbocycles. The molecule has 5 nitrogen and oxygen atoms in total. The third-order valence-corrected chi connectivity index (χ3v) is 8.25. The van der Waals surface area contributed by atoms with Crippen LogP contribution in [0.2, 0.25) is 0 Å². The molecule has 0 radical (unpaired) electrons. The average molecular weight is 541 g/mol. The maximum Gasteiger partial charge on any atom is 0.234 e. The summed E-state index contributed by atoms with van der Waals surface area (Å²) in [5.41, 5.74) is 5.78. The number of para-hydroxylation sites is 3. The summed E-state index contributed by atoms with van der Waals surface area (Å²) in [5.74, 6) is 1.36. The topological polar surface area (TPSA) is 54.8 Å². The number of furan rings is 1. The van der Waals surface area contributed by atoms with Gasteiger partial charge in [0.2, 0.25) is 5.96 Å². The van der Waals surface area contributed by atoms with Crippen molar-refractivity contribution in [1.82, 2.24) is 9.88 Å². The van der Waals surface area contributed by atoms with Gasteiger partial charge in [-0.15, -0.1) is 0 Å². The largest absolute Gasteiger partial charge is 0.455 e. The van der Waals surface area contributed by atoms with Crippen molar-refractivity contribution in [2.24, 2.45) is 9.98 Å². The van der Waals surface area contributed by atoms with Gasteiger partial charge in [-0.1, -0.05) is 103 Å². The first-order valence-electron chi connectivity index (χ1n) is 14.1. The summed E-state index contributed by atoms with van der Waals surface area (Å²) in [6.07, 6.45) is -0.323. The lowest BCUT2D eigenvalue weighted by atomic mass is 10.0. The predicted octanol–water partition coefficient (Wildman–Crippen LogP) is 8.80. The van der Waals surface area contributed by atoms with Gasteiger partial charge in [-0.05, 0) is 46.7 Å². The normalized spacial score (nSPS) is 15.4. The minimum atomic E-state index is -0.323. The molecule has 42 heavy (non-hydrogen) atoms. The second kappa shape index (κ2) is 8.91. The summed E-state index contributed by atoms with van der Waals surface area (Å²) >= 11 is 0. The van der Waals surface area contributed by atoms with Crippen LogP contribution in [0.3, 0.4) is 0 Å². The zero-order valence-electron chi connectivity index (χ0n) is 22.5. The first kappa shape index (κ1) is 23.1. The Morgan fingerprint density at radius 2 is 1.24 bits per heavy atom. The molecule has 0 aliphatic carbocycles. The molecule has 2 aromatic heterocycles. The minimum absolute atomic E-state index is 0.323. The predicted molar refractivity (Wildman–Crippen MR) is 172 cm³/mol. The molecule has 0 amide bonds. The Labute approximate surface area is 241 Å². The zero-order chi connectivity index (χ0) is 27.6. The Morgan fingerprint density at radius 3 is 2.00 bits per heavy atom. The van der Waals surface area contributed by atoms with Crippen molar-refractivity contribution in [1.29, 1.82) is 0 Å². The lowest BCUT2D eigenvalue weighted by Gasteiger charge is -2.24. The van der Waals surface area contributed by atoms with Crippen molar-refractivity contribution < 1.29 is 4.42 Å². The summed E-state index contributed by atoms with van der Waals surface area (Å²) in [6, 6.07) is 46.2. The number of aliphatic imine (C=N–C) groups is 2. The highest BCUT2D eigenvalue weighted by Gasteiger charge is 2.25. The Hall–Kier alpha value is -5.68. The monoisotopic (exact) mass is 540 g/mol. The van der Waals surface area contributed by atoms with Crippen molar-refractivity contribution >= 4 is 66.3 Å². The number of nitrogens with one attached hydrogen (secondary N) is 1. The average Bonchev–Trinajstić information content (AvgIpc) is 3.59. The molecule has 0 fully saturated rings. The minimum Gasteiger partial charge on any atom is -0.455 e. The molecular weight excluding hydrogens is 516 g/mol. The third kappa shape index (κ3) is 3.44. The molecule has 8 aromatic rings. The van der Waals surface area contributed by atoms with Crippen molar-refractivity contribution in [3.8, 4) is 0 Å². The quantitative estimate of drug-likeness (QED) is 0.238. The van der Waals surface area contributed by atoms with Crippen molar-refractivity contribution in [3.05, 3.63) is 145 Å². The number of hydrogen-bond acceptors (Lipinski definition) is 4. The summed E-state index contributed by atoms with van der Waals surface area (Å²) < 4.78 is 8.76. The third-order valence-electron chi connectivity index (χ3n) is 8.25. The Balaban J connectivity index is 1.30. The van der Waals surface area contributed by atoms with Gasteiger partial charge in [-0.25, -0.2) is 4.99 Å². The Kier molecular flexibility index (Phi) is 4.90. The van der Waals surface area contributed by atoms with E-state index in [1.165, 1.54) is 16.2 Å². The number of aromatic nitrogens is 1. The van der Waals surface area contributed by atoms with E-state index in [2.05, 4.69) is 125 Å². The van der Waals surface area contributed by atoms with Crippen molar-refractivity contribution in [3.63, 3.8) is 0 Å². The van der Waals surface area contributed by atoms with Crippen LogP contribution in [0.1, 0.15) is 17.3 Å². The zero-order valence-corrected chi connectivity index (χ0v) is 22.5. The maximum absolute atomic E-state index is 6.58. The molecule has 1 atom stereocenters. The first-order valence-corrected chi connectivity index (χ1v) is 14.1. The second-order valence-electron chi connectivity index (χ2n) is 10.7. The van der Waals surface area contributed by atoms with E-state index in [4.69, 9.17) is 14.4 Å². The van der Waals surface area contributed by atoms with Gasteiger partial charge in [0.05, 0.1) is 16.6 Å². The van der Waals surface area contributed by atoms with Crippen LogP contribution in [-0.4, -0.2) is 16.4 Å². The van der Waals surface area contributed by atoms with Crippen LogP contribution in [0.5, 0.6) is 0 Å².